The third-order valence-corrected chi connectivity index (χ3v) is 5.04. The predicted molar refractivity (Wildman–Crippen MR) is 90.1 cm³/mol. The van der Waals surface area contributed by atoms with Gasteiger partial charge in [-0.25, -0.2) is 4.39 Å². The van der Waals surface area contributed by atoms with Gasteiger partial charge < -0.3 is 9.64 Å². The number of carbonyl (C=O) groups is 2. The van der Waals surface area contributed by atoms with E-state index in [1.807, 2.05) is 0 Å². The van der Waals surface area contributed by atoms with Crippen molar-refractivity contribution < 1.29 is 18.7 Å². The molecule has 0 N–H and O–H groups in total. The lowest BCUT2D eigenvalue weighted by atomic mass is 10.0. The topological polar surface area (TPSA) is 46.6 Å². The Hall–Kier alpha value is -2.05. The van der Waals surface area contributed by atoms with E-state index in [2.05, 4.69) is 0 Å². The van der Waals surface area contributed by atoms with Crippen molar-refractivity contribution in [1.29, 1.82) is 0 Å². The van der Waals surface area contributed by atoms with Gasteiger partial charge >= 0.3 is 0 Å². The molecule has 1 fully saturated rings. The average molecular weight is 347 g/mol. The van der Waals surface area contributed by atoms with E-state index in [-0.39, 0.29) is 23.6 Å². The molecule has 4 nitrogen and oxygen atoms in total. The number of morpholine rings is 1. The van der Waals surface area contributed by atoms with Crippen molar-refractivity contribution in [2.45, 2.75) is 20.0 Å². The molecule has 1 aromatic carbocycles. The maximum atomic E-state index is 13.4. The zero-order valence-electron chi connectivity index (χ0n) is 13.5. The van der Waals surface area contributed by atoms with E-state index >= 15 is 0 Å². The summed E-state index contributed by atoms with van der Waals surface area (Å²) in [5.41, 5.74) is 1.98. The smallest absolute Gasteiger partial charge is 0.264 e. The summed E-state index contributed by atoms with van der Waals surface area (Å²) in [5.74, 6) is -0.399. The standard InChI is InChI=1S/C18H18FNO3S/c1-11-7-13(3-4-15(11)19)16-9-20(5-6-23-16)18(22)17-8-14(10-24-17)12(2)21/h3-4,7-8,10,16H,5-6,9H2,1-2H3. The van der Waals surface area contributed by atoms with Crippen LogP contribution in [-0.2, 0) is 4.74 Å². The lowest BCUT2D eigenvalue weighted by molar-refractivity contribution is -0.0227. The number of ether oxygens (including phenoxy) is 1. The van der Waals surface area contributed by atoms with Gasteiger partial charge in [0.2, 0.25) is 0 Å². The van der Waals surface area contributed by atoms with Gasteiger partial charge in [-0.05, 0) is 37.1 Å². The summed E-state index contributed by atoms with van der Waals surface area (Å²) in [5, 5.41) is 1.71. The molecule has 1 aliphatic rings. The van der Waals surface area contributed by atoms with Gasteiger partial charge in [0.05, 0.1) is 18.0 Å². The molecule has 0 aliphatic carbocycles. The van der Waals surface area contributed by atoms with Crippen LogP contribution in [-0.4, -0.2) is 36.3 Å². The van der Waals surface area contributed by atoms with Gasteiger partial charge in [0.25, 0.3) is 5.91 Å². The summed E-state index contributed by atoms with van der Waals surface area (Å²) in [4.78, 5) is 26.3. The molecule has 1 unspecified atom stereocenters. The molecule has 3 rings (SSSR count). The zero-order chi connectivity index (χ0) is 17.3. The minimum atomic E-state index is -0.269. The third-order valence-electron chi connectivity index (χ3n) is 4.12. The van der Waals surface area contributed by atoms with Crippen LogP contribution in [0.1, 0.15) is 44.2 Å². The van der Waals surface area contributed by atoms with Crippen molar-refractivity contribution >= 4 is 23.0 Å². The van der Waals surface area contributed by atoms with E-state index in [1.54, 1.807) is 35.4 Å². The van der Waals surface area contributed by atoms with E-state index < -0.39 is 0 Å². The Kier molecular flexibility index (Phi) is 4.78. The Labute approximate surface area is 143 Å². The summed E-state index contributed by atoms with van der Waals surface area (Å²) in [7, 11) is 0. The van der Waals surface area contributed by atoms with Crippen molar-refractivity contribution in [3.63, 3.8) is 0 Å². The lowest BCUT2D eigenvalue weighted by Gasteiger charge is -2.33. The minimum absolute atomic E-state index is 0.0491. The van der Waals surface area contributed by atoms with E-state index in [0.29, 0.717) is 35.7 Å². The number of benzene rings is 1. The Balaban J connectivity index is 1.75. The molecule has 6 heteroatoms. The second-order valence-corrected chi connectivity index (χ2v) is 6.79. The molecule has 1 saturated heterocycles. The SMILES string of the molecule is CC(=O)c1csc(C(=O)N2CCOC(c3ccc(F)c(C)c3)C2)c1. The number of hydrogen-bond acceptors (Lipinski definition) is 4. The number of thiophene rings is 1. The Bertz CT molecular complexity index is 786. The van der Waals surface area contributed by atoms with Crippen LogP contribution in [0, 0.1) is 12.7 Å². The molecule has 0 bridgehead atoms. The highest BCUT2D eigenvalue weighted by atomic mass is 32.1. The first-order chi connectivity index (χ1) is 11.5. The molecule has 2 heterocycles. The molecule has 126 valence electrons. The maximum Gasteiger partial charge on any atom is 0.264 e. The molecule has 24 heavy (non-hydrogen) atoms. The van der Waals surface area contributed by atoms with Crippen LogP contribution in [0.15, 0.2) is 29.6 Å². The second kappa shape index (κ2) is 6.83. The Morgan fingerprint density at radius 3 is 2.79 bits per heavy atom. The summed E-state index contributed by atoms with van der Waals surface area (Å²) >= 11 is 1.28. The number of rotatable bonds is 3. The fourth-order valence-corrected chi connectivity index (χ4v) is 3.61. The molecule has 1 aromatic heterocycles. The fraction of sp³-hybridized carbons (Fsp3) is 0.333. The summed E-state index contributed by atoms with van der Waals surface area (Å²) in [6.07, 6.45) is -0.269. The van der Waals surface area contributed by atoms with Gasteiger partial charge in [-0.2, -0.15) is 0 Å². The molecule has 1 aliphatic heterocycles. The highest BCUT2D eigenvalue weighted by Gasteiger charge is 2.27. The molecule has 0 radical (unpaired) electrons. The first-order valence-corrected chi connectivity index (χ1v) is 8.60. The van der Waals surface area contributed by atoms with Crippen LogP contribution in [0.4, 0.5) is 4.39 Å². The summed E-state index contributed by atoms with van der Waals surface area (Å²) in [6, 6.07) is 6.52. The number of Topliss-reactive ketones (excluding diaryl/α,β-unsaturated/α-hetero) is 1. The van der Waals surface area contributed by atoms with E-state index in [0.717, 1.165) is 5.56 Å². The van der Waals surface area contributed by atoms with Gasteiger partial charge in [-0.3, -0.25) is 9.59 Å². The van der Waals surface area contributed by atoms with Crippen LogP contribution < -0.4 is 0 Å². The lowest BCUT2D eigenvalue weighted by Crippen LogP contribution is -2.42. The highest BCUT2D eigenvalue weighted by molar-refractivity contribution is 7.12. The third kappa shape index (κ3) is 3.39. The van der Waals surface area contributed by atoms with Crippen molar-refractivity contribution in [3.8, 4) is 0 Å². The number of carbonyl (C=O) groups excluding carboxylic acids is 2. The largest absolute Gasteiger partial charge is 0.370 e. The molecule has 1 amide bonds. The van der Waals surface area contributed by atoms with Gasteiger partial charge in [-0.15, -0.1) is 11.3 Å². The molecular weight excluding hydrogens is 329 g/mol. The van der Waals surface area contributed by atoms with Gasteiger partial charge in [-0.1, -0.05) is 12.1 Å². The normalized spacial score (nSPS) is 17.8. The van der Waals surface area contributed by atoms with Crippen molar-refractivity contribution in [3.05, 3.63) is 57.0 Å². The first kappa shape index (κ1) is 16.8. The summed E-state index contributed by atoms with van der Waals surface area (Å²) < 4.78 is 19.2. The zero-order valence-corrected chi connectivity index (χ0v) is 14.4. The number of ketones is 1. The van der Waals surface area contributed by atoms with Crippen LogP contribution in [0.2, 0.25) is 0 Å². The summed E-state index contributed by atoms with van der Waals surface area (Å²) in [6.45, 7) is 4.54. The molecule has 2 aromatic rings. The van der Waals surface area contributed by atoms with Crippen molar-refractivity contribution in [2.75, 3.05) is 19.7 Å². The van der Waals surface area contributed by atoms with E-state index in [1.165, 1.54) is 24.3 Å². The predicted octanol–water partition coefficient (Wildman–Crippen LogP) is 3.61. The van der Waals surface area contributed by atoms with Gasteiger partial charge in [0.1, 0.15) is 11.9 Å². The number of amides is 1. The first-order valence-electron chi connectivity index (χ1n) is 7.72. The number of aryl methyl sites for hydroxylation is 1. The Morgan fingerprint density at radius 2 is 2.12 bits per heavy atom. The number of halogens is 1. The minimum Gasteiger partial charge on any atom is -0.370 e. The number of hydrogen-bond donors (Lipinski definition) is 0. The van der Waals surface area contributed by atoms with Gasteiger partial charge in [0.15, 0.2) is 5.78 Å². The van der Waals surface area contributed by atoms with Crippen molar-refractivity contribution in [2.24, 2.45) is 0 Å². The van der Waals surface area contributed by atoms with Crippen LogP contribution in [0.25, 0.3) is 0 Å². The van der Waals surface area contributed by atoms with Crippen LogP contribution in [0.3, 0.4) is 0 Å². The van der Waals surface area contributed by atoms with E-state index in [4.69, 9.17) is 4.74 Å². The molecular formula is C18H18FNO3S. The Morgan fingerprint density at radius 1 is 1.33 bits per heavy atom. The van der Waals surface area contributed by atoms with Gasteiger partial charge in [0, 0.05) is 17.5 Å². The average Bonchev–Trinajstić information content (AvgIpc) is 3.07. The monoisotopic (exact) mass is 347 g/mol. The van der Waals surface area contributed by atoms with Crippen LogP contribution in [0.5, 0.6) is 0 Å². The fourth-order valence-electron chi connectivity index (χ4n) is 2.69. The molecule has 1 atom stereocenters. The highest BCUT2D eigenvalue weighted by Crippen LogP contribution is 2.26. The quantitative estimate of drug-likeness (QED) is 0.797. The van der Waals surface area contributed by atoms with Crippen molar-refractivity contribution in [1.82, 2.24) is 4.90 Å². The maximum absolute atomic E-state index is 13.4. The van der Waals surface area contributed by atoms with Crippen LogP contribution >= 0.6 is 11.3 Å². The molecule has 0 saturated carbocycles. The molecule has 0 spiro atoms. The second-order valence-electron chi connectivity index (χ2n) is 5.88. The number of nitrogens with zero attached hydrogens (tertiary/aromatic N) is 1. The van der Waals surface area contributed by atoms with E-state index in [9.17, 15) is 14.0 Å².